The zero-order valence-corrected chi connectivity index (χ0v) is 12.3. The first-order valence-electron chi connectivity index (χ1n) is 6.04. The van der Waals surface area contributed by atoms with E-state index in [1.165, 1.54) is 25.1 Å². The van der Waals surface area contributed by atoms with Crippen molar-refractivity contribution in [3.63, 3.8) is 0 Å². The molecule has 21 heavy (non-hydrogen) atoms. The molecule has 7 heteroatoms. The van der Waals surface area contributed by atoms with Crippen LogP contribution >= 0.6 is 0 Å². The van der Waals surface area contributed by atoms with Crippen molar-refractivity contribution in [3.05, 3.63) is 53.1 Å². The Morgan fingerprint density at radius 3 is 2.29 bits per heavy atom. The lowest BCUT2D eigenvalue weighted by Crippen LogP contribution is -2.14. The third-order valence-electron chi connectivity index (χ3n) is 2.86. The quantitative estimate of drug-likeness (QED) is 0.856. The van der Waals surface area contributed by atoms with Gasteiger partial charge in [-0.3, -0.25) is 4.72 Å². The number of nitrogen functional groups attached to an aromatic ring is 1. The summed E-state index contributed by atoms with van der Waals surface area (Å²) in [6, 6.07) is 6.01. The molecule has 0 amide bonds. The summed E-state index contributed by atoms with van der Waals surface area (Å²) < 4.78 is 53.4. The van der Waals surface area contributed by atoms with Gasteiger partial charge in [-0.25, -0.2) is 17.2 Å². The summed E-state index contributed by atoms with van der Waals surface area (Å²) in [5.74, 6) is -1.21. The van der Waals surface area contributed by atoms with Gasteiger partial charge < -0.3 is 5.73 Å². The predicted octanol–water partition coefficient (Wildman–Crippen LogP) is 2.96. The number of rotatable bonds is 3. The van der Waals surface area contributed by atoms with Crippen LogP contribution in [-0.4, -0.2) is 8.42 Å². The molecule has 0 atom stereocenters. The van der Waals surface area contributed by atoms with Crippen LogP contribution in [0.3, 0.4) is 0 Å². The molecule has 0 heterocycles. The molecule has 0 aliphatic carbocycles. The number of benzene rings is 2. The SMILES string of the molecule is Cc1cc(F)cc(NS(=O)(=O)c2cc(C)c(F)c(N)c2)c1. The first-order chi connectivity index (χ1) is 9.69. The highest BCUT2D eigenvalue weighted by atomic mass is 32.2. The number of anilines is 2. The zero-order valence-electron chi connectivity index (χ0n) is 11.4. The molecule has 112 valence electrons. The van der Waals surface area contributed by atoms with Crippen molar-refractivity contribution < 1.29 is 17.2 Å². The molecular formula is C14H14F2N2O2S. The summed E-state index contributed by atoms with van der Waals surface area (Å²) in [6.45, 7) is 3.05. The molecule has 0 saturated carbocycles. The minimum Gasteiger partial charge on any atom is -0.396 e. The molecule has 2 aromatic rings. The molecule has 0 saturated heterocycles. The van der Waals surface area contributed by atoms with E-state index in [9.17, 15) is 17.2 Å². The summed E-state index contributed by atoms with van der Waals surface area (Å²) in [4.78, 5) is -0.180. The van der Waals surface area contributed by atoms with E-state index in [2.05, 4.69) is 4.72 Å². The van der Waals surface area contributed by atoms with Crippen LogP contribution in [0.4, 0.5) is 20.2 Å². The molecule has 0 radical (unpaired) electrons. The molecule has 0 bridgehead atoms. The standard InChI is InChI=1S/C14H14F2N2O2S/c1-8-3-10(15)6-11(4-8)18-21(19,20)12-5-9(2)14(16)13(17)7-12/h3-7,18H,17H2,1-2H3. The Morgan fingerprint density at radius 2 is 1.71 bits per heavy atom. The molecule has 0 unspecified atom stereocenters. The second-order valence-electron chi connectivity index (χ2n) is 4.77. The van der Waals surface area contributed by atoms with Gasteiger partial charge in [-0.15, -0.1) is 0 Å². The van der Waals surface area contributed by atoms with Gasteiger partial charge in [-0.2, -0.15) is 0 Å². The van der Waals surface area contributed by atoms with Crippen LogP contribution in [0.15, 0.2) is 35.2 Å². The van der Waals surface area contributed by atoms with Gasteiger partial charge in [0.25, 0.3) is 10.0 Å². The third kappa shape index (κ3) is 3.30. The van der Waals surface area contributed by atoms with Gasteiger partial charge in [-0.05, 0) is 55.3 Å². The van der Waals surface area contributed by atoms with E-state index in [1.54, 1.807) is 6.92 Å². The molecule has 0 aromatic heterocycles. The van der Waals surface area contributed by atoms with Crippen LogP contribution in [0.25, 0.3) is 0 Å². The normalized spacial score (nSPS) is 11.4. The Balaban J connectivity index is 2.43. The number of halogens is 2. The second kappa shape index (κ2) is 5.33. The highest BCUT2D eigenvalue weighted by molar-refractivity contribution is 7.92. The van der Waals surface area contributed by atoms with E-state index >= 15 is 0 Å². The highest BCUT2D eigenvalue weighted by Gasteiger charge is 2.18. The largest absolute Gasteiger partial charge is 0.396 e. The predicted molar refractivity (Wildman–Crippen MR) is 77.5 cm³/mol. The molecule has 0 spiro atoms. The fraction of sp³-hybridized carbons (Fsp3) is 0.143. The van der Waals surface area contributed by atoms with E-state index < -0.39 is 21.7 Å². The van der Waals surface area contributed by atoms with Crippen LogP contribution in [0, 0.1) is 25.5 Å². The number of nitrogens with one attached hydrogen (secondary N) is 1. The van der Waals surface area contributed by atoms with Crippen molar-refractivity contribution in [2.24, 2.45) is 0 Å². The lowest BCUT2D eigenvalue weighted by molar-refractivity contribution is 0.599. The Bertz CT molecular complexity index is 761. The molecule has 0 aliphatic rings. The van der Waals surface area contributed by atoms with Gasteiger partial charge in [0.05, 0.1) is 16.3 Å². The summed E-state index contributed by atoms with van der Waals surface area (Å²) in [6.07, 6.45) is 0. The number of sulfonamides is 1. The minimum atomic E-state index is -3.97. The molecule has 2 rings (SSSR count). The molecule has 4 nitrogen and oxygen atoms in total. The van der Waals surface area contributed by atoms with Crippen molar-refractivity contribution in [3.8, 4) is 0 Å². The van der Waals surface area contributed by atoms with Gasteiger partial charge in [0.2, 0.25) is 0 Å². The minimum absolute atomic E-state index is 0.0908. The van der Waals surface area contributed by atoms with E-state index in [4.69, 9.17) is 5.73 Å². The number of hydrogen-bond donors (Lipinski definition) is 2. The third-order valence-corrected chi connectivity index (χ3v) is 4.22. The first kappa shape index (κ1) is 15.2. The van der Waals surface area contributed by atoms with E-state index in [-0.39, 0.29) is 21.8 Å². The van der Waals surface area contributed by atoms with Crippen LogP contribution < -0.4 is 10.5 Å². The fourth-order valence-electron chi connectivity index (χ4n) is 1.93. The fourth-order valence-corrected chi connectivity index (χ4v) is 3.09. The lowest BCUT2D eigenvalue weighted by atomic mass is 10.2. The number of aryl methyl sites for hydroxylation is 2. The van der Waals surface area contributed by atoms with Crippen molar-refractivity contribution in [2.75, 3.05) is 10.5 Å². The zero-order chi connectivity index (χ0) is 15.8. The van der Waals surface area contributed by atoms with Gasteiger partial charge in [0, 0.05) is 0 Å². The molecule has 0 aliphatic heterocycles. The lowest BCUT2D eigenvalue weighted by Gasteiger charge is -2.11. The second-order valence-corrected chi connectivity index (χ2v) is 6.45. The van der Waals surface area contributed by atoms with Crippen molar-refractivity contribution in [1.29, 1.82) is 0 Å². The Kier molecular flexibility index (Phi) is 3.87. The molecule has 0 fully saturated rings. The monoisotopic (exact) mass is 312 g/mol. The summed E-state index contributed by atoms with van der Waals surface area (Å²) >= 11 is 0. The van der Waals surface area contributed by atoms with Crippen molar-refractivity contribution in [2.45, 2.75) is 18.7 Å². The average Bonchev–Trinajstić information content (AvgIpc) is 2.33. The molecular weight excluding hydrogens is 298 g/mol. The smallest absolute Gasteiger partial charge is 0.261 e. The van der Waals surface area contributed by atoms with E-state index in [0.717, 1.165) is 12.1 Å². The van der Waals surface area contributed by atoms with Crippen LogP contribution in [0.5, 0.6) is 0 Å². The summed E-state index contributed by atoms with van der Waals surface area (Å²) in [7, 11) is -3.97. The Morgan fingerprint density at radius 1 is 1.05 bits per heavy atom. The van der Waals surface area contributed by atoms with Crippen molar-refractivity contribution in [1.82, 2.24) is 0 Å². The maximum atomic E-state index is 13.4. The van der Waals surface area contributed by atoms with Crippen molar-refractivity contribution >= 4 is 21.4 Å². The summed E-state index contributed by atoms with van der Waals surface area (Å²) in [5.41, 5.74) is 5.95. The van der Waals surface area contributed by atoms with Crippen LogP contribution in [-0.2, 0) is 10.0 Å². The molecule has 3 N–H and O–H groups in total. The molecule has 2 aromatic carbocycles. The first-order valence-corrected chi connectivity index (χ1v) is 7.53. The van der Waals surface area contributed by atoms with Gasteiger partial charge in [-0.1, -0.05) is 0 Å². The number of nitrogens with two attached hydrogens (primary N) is 1. The topological polar surface area (TPSA) is 72.2 Å². The van der Waals surface area contributed by atoms with Gasteiger partial charge in [0.1, 0.15) is 11.6 Å². The average molecular weight is 312 g/mol. The van der Waals surface area contributed by atoms with Gasteiger partial charge in [0.15, 0.2) is 0 Å². The van der Waals surface area contributed by atoms with E-state index in [0.29, 0.717) is 5.56 Å². The maximum Gasteiger partial charge on any atom is 0.261 e. The highest BCUT2D eigenvalue weighted by Crippen LogP contribution is 2.23. The Hall–Kier alpha value is -2.15. The maximum absolute atomic E-state index is 13.4. The van der Waals surface area contributed by atoms with Gasteiger partial charge >= 0.3 is 0 Å². The van der Waals surface area contributed by atoms with Crippen LogP contribution in [0.2, 0.25) is 0 Å². The van der Waals surface area contributed by atoms with E-state index in [1.807, 2.05) is 0 Å². The number of hydrogen-bond acceptors (Lipinski definition) is 3. The van der Waals surface area contributed by atoms with Crippen LogP contribution in [0.1, 0.15) is 11.1 Å². The summed E-state index contributed by atoms with van der Waals surface area (Å²) in [5, 5.41) is 0. The Labute approximate surface area is 121 Å².